The molecule has 2 aromatic heterocycles. The molecule has 4 rings (SSSR count). The molecule has 0 aliphatic carbocycles. The first-order chi connectivity index (χ1) is 14.0. The molecule has 1 aliphatic heterocycles. The van der Waals surface area contributed by atoms with Crippen molar-refractivity contribution in [3.05, 3.63) is 58.6 Å². The van der Waals surface area contributed by atoms with Crippen molar-refractivity contribution in [1.29, 1.82) is 0 Å². The number of carbonyl (C=O) groups excluding carboxylic acids is 1. The summed E-state index contributed by atoms with van der Waals surface area (Å²) in [4.78, 5) is 26.9. The molecule has 1 unspecified atom stereocenters. The van der Waals surface area contributed by atoms with Gasteiger partial charge in [0, 0.05) is 40.2 Å². The Balaban J connectivity index is 1.59. The van der Waals surface area contributed by atoms with E-state index in [1.165, 1.54) is 0 Å². The van der Waals surface area contributed by atoms with E-state index in [1.807, 2.05) is 39.1 Å². The van der Waals surface area contributed by atoms with Crippen molar-refractivity contribution in [1.82, 2.24) is 20.3 Å². The van der Waals surface area contributed by atoms with E-state index in [0.717, 1.165) is 21.0 Å². The summed E-state index contributed by atoms with van der Waals surface area (Å²) in [7, 11) is 0. The maximum Gasteiger partial charge on any atom is 0.251 e. The van der Waals surface area contributed by atoms with Gasteiger partial charge in [-0.3, -0.25) is 4.79 Å². The third-order valence-electron chi connectivity index (χ3n) is 4.60. The lowest BCUT2D eigenvalue weighted by Gasteiger charge is -2.27. The van der Waals surface area contributed by atoms with Crippen LogP contribution in [0.2, 0.25) is 0 Å². The molecule has 1 saturated heterocycles. The summed E-state index contributed by atoms with van der Waals surface area (Å²) in [6.45, 7) is 6.86. The molecule has 1 fully saturated rings. The molecule has 7 nitrogen and oxygen atoms in total. The van der Waals surface area contributed by atoms with Crippen molar-refractivity contribution < 1.29 is 14.3 Å². The number of ether oxygens (including phenoxy) is 2. The van der Waals surface area contributed by atoms with Crippen LogP contribution in [0.5, 0.6) is 5.75 Å². The predicted molar refractivity (Wildman–Crippen MR) is 110 cm³/mol. The molecule has 1 aromatic carbocycles. The van der Waals surface area contributed by atoms with Crippen LogP contribution in [-0.4, -0.2) is 40.2 Å². The van der Waals surface area contributed by atoms with Gasteiger partial charge in [-0.15, -0.1) is 11.3 Å². The summed E-state index contributed by atoms with van der Waals surface area (Å²) in [6.07, 6.45) is 5.30. The number of aryl methyl sites for hydroxylation is 2. The minimum Gasteiger partial charge on any atom is -0.486 e. The van der Waals surface area contributed by atoms with Crippen LogP contribution in [-0.2, 0) is 4.74 Å². The lowest BCUT2D eigenvalue weighted by molar-refractivity contribution is -0.0796. The SMILES string of the molecule is Cc1ncc(C(C)NC(=O)c2cc(OC3COC3)cc(-c3ncc(C)s3)c2)cn1. The van der Waals surface area contributed by atoms with E-state index in [4.69, 9.17) is 9.47 Å². The molecule has 8 heteroatoms. The fourth-order valence-corrected chi connectivity index (χ4v) is 3.63. The van der Waals surface area contributed by atoms with Crippen LogP contribution in [0.15, 0.2) is 36.8 Å². The van der Waals surface area contributed by atoms with Gasteiger partial charge < -0.3 is 14.8 Å². The first kappa shape index (κ1) is 19.5. The van der Waals surface area contributed by atoms with Gasteiger partial charge in [0.25, 0.3) is 5.91 Å². The van der Waals surface area contributed by atoms with Crippen molar-refractivity contribution in [3.63, 3.8) is 0 Å². The van der Waals surface area contributed by atoms with E-state index in [-0.39, 0.29) is 18.1 Å². The first-order valence-electron chi connectivity index (χ1n) is 9.39. The molecule has 29 heavy (non-hydrogen) atoms. The third-order valence-corrected chi connectivity index (χ3v) is 5.56. The fraction of sp³-hybridized carbons (Fsp3) is 0.333. The minimum atomic E-state index is -0.224. The second-order valence-corrected chi connectivity index (χ2v) is 8.29. The number of hydrogen-bond acceptors (Lipinski definition) is 7. The molecule has 1 aliphatic rings. The Hall–Kier alpha value is -2.84. The Morgan fingerprint density at radius 3 is 2.55 bits per heavy atom. The van der Waals surface area contributed by atoms with Crippen LogP contribution >= 0.6 is 11.3 Å². The highest BCUT2D eigenvalue weighted by Crippen LogP contribution is 2.30. The predicted octanol–water partition coefficient (Wildman–Crippen LogP) is 3.49. The molecule has 0 saturated carbocycles. The molecule has 3 aromatic rings. The Bertz CT molecular complexity index is 1020. The summed E-state index contributed by atoms with van der Waals surface area (Å²) in [5.74, 6) is 1.14. The number of thiazole rings is 1. The van der Waals surface area contributed by atoms with Crippen molar-refractivity contribution >= 4 is 17.2 Å². The quantitative estimate of drug-likeness (QED) is 0.670. The second kappa shape index (κ2) is 8.26. The summed E-state index contributed by atoms with van der Waals surface area (Å²) in [5.41, 5.74) is 2.22. The molecule has 0 spiro atoms. The minimum absolute atomic E-state index is 0.0165. The molecule has 3 heterocycles. The highest BCUT2D eigenvalue weighted by Gasteiger charge is 2.22. The van der Waals surface area contributed by atoms with E-state index in [0.29, 0.717) is 30.4 Å². The maximum atomic E-state index is 13.0. The van der Waals surface area contributed by atoms with Gasteiger partial charge in [-0.1, -0.05) is 0 Å². The van der Waals surface area contributed by atoms with Gasteiger partial charge in [0.1, 0.15) is 22.7 Å². The van der Waals surface area contributed by atoms with E-state index in [2.05, 4.69) is 20.3 Å². The van der Waals surface area contributed by atoms with E-state index in [1.54, 1.807) is 29.8 Å². The summed E-state index contributed by atoms with van der Waals surface area (Å²) < 4.78 is 11.2. The molecule has 1 amide bonds. The van der Waals surface area contributed by atoms with Crippen LogP contribution in [0.25, 0.3) is 10.6 Å². The summed E-state index contributed by atoms with van der Waals surface area (Å²) >= 11 is 1.58. The fourth-order valence-electron chi connectivity index (χ4n) is 2.87. The van der Waals surface area contributed by atoms with Crippen molar-refractivity contribution in [2.45, 2.75) is 32.9 Å². The zero-order valence-electron chi connectivity index (χ0n) is 16.5. The zero-order chi connectivity index (χ0) is 20.4. The number of nitrogens with zero attached hydrogens (tertiary/aromatic N) is 3. The molecule has 150 valence electrons. The lowest BCUT2D eigenvalue weighted by Crippen LogP contribution is -2.38. The molecular weight excluding hydrogens is 388 g/mol. The number of carbonyl (C=O) groups is 1. The molecular formula is C21H22N4O3S. The highest BCUT2D eigenvalue weighted by molar-refractivity contribution is 7.14. The van der Waals surface area contributed by atoms with E-state index < -0.39 is 0 Å². The Labute approximate surface area is 173 Å². The molecule has 0 bridgehead atoms. The van der Waals surface area contributed by atoms with Crippen molar-refractivity contribution in [2.75, 3.05) is 13.2 Å². The lowest BCUT2D eigenvalue weighted by atomic mass is 10.1. The molecule has 1 N–H and O–H groups in total. The largest absolute Gasteiger partial charge is 0.486 e. The smallest absolute Gasteiger partial charge is 0.251 e. The summed E-state index contributed by atoms with van der Waals surface area (Å²) in [5, 5.41) is 3.86. The van der Waals surface area contributed by atoms with Gasteiger partial charge in [-0.2, -0.15) is 0 Å². The zero-order valence-corrected chi connectivity index (χ0v) is 17.3. The van der Waals surface area contributed by atoms with Crippen LogP contribution in [0.4, 0.5) is 0 Å². The third kappa shape index (κ3) is 4.60. The molecule has 0 radical (unpaired) electrons. The average Bonchev–Trinajstić information content (AvgIpc) is 3.11. The number of rotatable bonds is 6. The first-order valence-corrected chi connectivity index (χ1v) is 10.2. The average molecular weight is 410 g/mol. The van der Waals surface area contributed by atoms with Gasteiger partial charge in [-0.25, -0.2) is 15.0 Å². The topological polar surface area (TPSA) is 86.2 Å². The number of aromatic nitrogens is 3. The Kier molecular flexibility index (Phi) is 5.55. The van der Waals surface area contributed by atoms with Gasteiger partial charge in [0.2, 0.25) is 0 Å². The van der Waals surface area contributed by atoms with Gasteiger partial charge >= 0.3 is 0 Å². The van der Waals surface area contributed by atoms with Crippen molar-refractivity contribution in [2.24, 2.45) is 0 Å². The number of hydrogen-bond donors (Lipinski definition) is 1. The monoisotopic (exact) mass is 410 g/mol. The number of amides is 1. The number of nitrogens with one attached hydrogen (secondary N) is 1. The highest BCUT2D eigenvalue weighted by atomic mass is 32.1. The van der Waals surface area contributed by atoms with Gasteiger partial charge in [-0.05, 0) is 39.0 Å². The van der Waals surface area contributed by atoms with E-state index >= 15 is 0 Å². The second-order valence-electron chi connectivity index (χ2n) is 7.06. The van der Waals surface area contributed by atoms with E-state index in [9.17, 15) is 4.79 Å². The number of benzene rings is 1. The normalized spacial score (nSPS) is 14.9. The standard InChI is InChI=1S/C21H22N4O3S/c1-12-7-24-21(29-12)16-4-15(5-18(6-16)28-19-10-27-11-19)20(26)25-13(2)17-8-22-14(3)23-9-17/h4-9,13,19H,10-11H2,1-3H3,(H,25,26). The van der Waals surface area contributed by atoms with Crippen molar-refractivity contribution in [3.8, 4) is 16.3 Å². The van der Waals surface area contributed by atoms with Gasteiger partial charge in [0.05, 0.1) is 19.3 Å². The van der Waals surface area contributed by atoms with Crippen LogP contribution in [0, 0.1) is 13.8 Å². The van der Waals surface area contributed by atoms with Crippen LogP contribution < -0.4 is 10.1 Å². The maximum absolute atomic E-state index is 13.0. The molecule has 1 atom stereocenters. The van der Waals surface area contributed by atoms with Gasteiger partial charge in [0.15, 0.2) is 0 Å². The Morgan fingerprint density at radius 1 is 1.17 bits per heavy atom. The summed E-state index contributed by atoms with van der Waals surface area (Å²) in [6, 6.07) is 5.30. The van der Waals surface area contributed by atoms with Crippen LogP contribution in [0.1, 0.15) is 39.6 Å². The van der Waals surface area contributed by atoms with Crippen LogP contribution in [0.3, 0.4) is 0 Å². The Morgan fingerprint density at radius 2 is 1.93 bits per heavy atom.